The van der Waals surface area contributed by atoms with Crippen LogP contribution in [0.3, 0.4) is 0 Å². The number of thiophene rings is 1. The lowest BCUT2D eigenvalue weighted by Crippen LogP contribution is -2.02. The van der Waals surface area contributed by atoms with Crippen LogP contribution in [-0.4, -0.2) is 12.9 Å². The summed E-state index contributed by atoms with van der Waals surface area (Å²) in [6.07, 6.45) is 5.67. The number of ketones is 1. The van der Waals surface area contributed by atoms with Crippen LogP contribution in [0.15, 0.2) is 24.3 Å². The van der Waals surface area contributed by atoms with Gasteiger partial charge >= 0.3 is 0 Å². The predicted molar refractivity (Wildman–Crippen MR) is 82.0 cm³/mol. The van der Waals surface area contributed by atoms with Gasteiger partial charge in [-0.3, -0.25) is 4.79 Å². The molecule has 0 unspecified atom stereocenters. The molecular weight excluding hydrogens is 287 g/mol. The summed E-state index contributed by atoms with van der Waals surface area (Å²) in [5, 5.41) is 0. The van der Waals surface area contributed by atoms with Gasteiger partial charge in [0.25, 0.3) is 0 Å². The Labute approximate surface area is 127 Å². The maximum atomic E-state index is 14.0. The number of hydrogen-bond acceptors (Lipinski definition) is 3. The highest BCUT2D eigenvalue weighted by molar-refractivity contribution is 7.14. The third-order valence-electron chi connectivity index (χ3n) is 3.89. The number of ether oxygens (including phenoxy) is 1. The molecule has 2 aromatic rings. The molecule has 0 N–H and O–H groups in total. The van der Waals surface area contributed by atoms with Crippen LogP contribution in [0.25, 0.3) is 0 Å². The van der Waals surface area contributed by atoms with Gasteiger partial charge in [0.05, 0.1) is 17.6 Å². The zero-order chi connectivity index (χ0) is 14.8. The second kappa shape index (κ2) is 5.98. The van der Waals surface area contributed by atoms with E-state index in [9.17, 15) is 9.18 Å². The van der Waals surface area contributed by atoms with Gasteiger partial charge in [-0.1, -0.05) is 6.42 Å². The molecule has 0 fully saturated rings. The molecule has 110 valence electrons. The summed E-state index contributed by atoms with van der Waals surface area (Å²) < 4.78 is 19.0. The van der Waals surface area contributed by atoms with Gasteiger partial charge in [-0.15, -0.1) is 11.3 Å². The Hall–Kier alpha value is -1.68. The number of aryl methyl sites for hydroxylation is 2. The minimum absolute atomic E-state index is 0.118. The molecule has 0 saturated heterocycles. The quantitative estimate of drug-likeness (QED) is 0.621. The first-order chi connectivity index (χ1) is 10.2. The highest BCUT2D eigenvalue weighted by Crippen LogP contribution is 2.31. The number of benzene rings is 1. The number of rotatable bonds is 3. The molecule has 0 spiro atoms. The molecule has 4 heteroatoms. The smallest absolute Gasteiger partial charge is 0.205 e. The second-order valence-electron chi connectivity index (χ2n) is 5.29. The fraction of sp³-hybridized carbons (Fsp3) is 0.353. The number of carbonyl (C=O) groups excluding carboxylic acids is 1. The number of fused-ring (bicyclic) bond motifs is 1. The van der Waals surface area contributed by atoms with E-state index in [-0.39, 0.29) is 11.3 Å². The summed E-state index contributed by atoms with van der Waals surface area (Å²) in [7, 11) is 1.48. The van der Waals surface area contributed by atoms with Gasteiger partial charge in [-0.2, -0.15) is 0 Å². The fourth-order valence-corrected chi connectivity index (χ4v) is 3.93. The standard InChI is InChI=1S/C17H17FO2S/c1-20-12-7-8-13(14(18)10-12)17(19)16-9-11-5-3-2-4-6-15(11)21-16/h7-10H,2-6H2,1H3. The van der Waals surface area contributed by atoms with Crippen molar-refractivity contribution in [1.29, 1.82) is 0 Å². The molecule has 1 aliphatic carbocycles. The van der Waals surface area contributed by atoms with E-state index in [1.165, 1.54) is 60.3 Å². The molecule has 0 bridgehead atoms. The maximum absolute atomic E-state index is 14.0. The predicted octanol–water partition coefficient (Wildman–Crippen LogP) is 4.40. The van der Waals surface area contributed by atoms with Crippen molar-refractivity contribution in [2.45, 2.75) is 32.1 Å². The van der Waals surface area contributed by atoms with E-state index in [0.717, 1.165) is 12.8 Å². The van der Waals surface area contributed by atoms with Gasteiger partial charge in [-0.05, 0) is 49.4 Å². The first-order valence-corrected chi connectivity index (χ1v) is 8.00. The highest BCUT2D eigenvalue weighted by Gasteiger charge is 2.20. The van der Waals surface area contributed by atoms with Crippen LogP contribution in [0, 0.1) is 5.82 Å². The van der Waals surface area contributed by atoms with Crippen molar-refractivity contribution in [3.8, 4) is 5.75 Å². The lowest BCUT2D eigenvalue weighted by Gasteiger charge is -2.03. The van der Waals surface area contributed by atoms with Crippen molar-refractivity contribution in [3.63, 3.8) is 0 Å². The third-order valence-corrected chi connectivity index (χ3v) is 5.13. The van der Waals surface area contributed by atoms with Gasteiger partial charge in [0, 0.05) is 10.9 Å². The van der Waals surface area contributed by atoms with Crippen LogP contribution in [0.1, 0.15) is 44.9 Å². The second-order valence-corrected chi connectivity index (χ2v) is 6.43. The summed E-state index contributed by atoms with van der Waals surface area (Å²) in [6.45, 7) is 0. The fourth-order valence-electron chi connectivity index (χ4n) is 2.72. The van der Waals surface area contributed by atoms with E-state index >= 15 is 0 Å². The van der Waals surface area contributed by atoms with E-state index in [2.05, 4.69) is 0 Å². The summed E-state index contributed by atoms with van der Waals surface area (Å²) >= 11 is 1.52. The van der Waals surface area contributed by atoms with Crippen LogP contribution < -0.4 is 4.74 Å². The maximum Gasteiger partial charge on any atom is 0.205 e. The Morgan fingerprint density at radius 2 is 2.00 bits per heavy atom. The summed E-state index contributed by atoms with van der Waals surface area (Å²) in [5.74, 6) is -0.331. The average Bonchev–Trinajstić information content (AvgIpc) is 2.77. The van der Waals surface area contributed by atoms with Crippen LogP contribution in [0.5, 0.6) is 5.75 Å². The largest absolute Gasteiger partial charge is 0.497 e. The molecule has 1 aromatic heterocycles. The SMILES string of the molecule is COc1ccc(C(=O)c2cc3c(s2)CCCCC3)c(F)c1. The van der Waals surface area contributed by atoms with Crippen LogP contribution in [0.2, 0.25) is 0 Å². The lowest BCUT2D eigenvalue weighted by atomic mass is 10.1. The molecule has 1 aromatic carbocycles. The lowest BCUT2D eigenvalue weighted by molar-refractivity contribution is 0.103. The molecular formula is C17H17FO2S. The van der Waals surface area contributed by atoms with Crippen LogP contribution in [-0.2, 0) is 12.8 Å². The van der Waals surface area contributed by atoms with Crippen molar-refractivity contribution in [3.05, 3.63) is 51.0 Å². The molecule has 0 atom stereocenters. The van der Waals surface area contributed by atoms with Crippen molar-refractivity contribution < 1.29 is 13.9 Å². The van der Waals surface area contributed by atoms with Gasteiger partial charge in [0.1, 0.15) is 11.6 Å². The first-order valence-electron chi connectivity index (χ1n) is 7.19. The topological polar surface area (TPSA) is 26.3 Å². The Morgan fingerprint density at radius 1 is 1.19 bits per heavy atom. The van der Waals surface area contributed by atoms with Crippen molar-refractivity contribution in [1.82, 2.24) is 0 Å². The van der Waals surface area contributed by atoms with E-state index < -0.39 is 5.82 Å². The summed E-state index contributed by atoms with van der Waals surface area (Å²) in [4.78, 5) is 14.4. The Balaban J connectivity index is 1.92. The third kappa shape index (κ3) is 2.86. The van der Waals surface area contributed by atoms with Gasteiger partial charge in [0.2, 0.25) is 5.78 Å². The van der Waals surface area contributed by atoms with Crippen LogP contribution >= 0.6 is 11.3 Å². The highest BCUT2D eigenvalue weighted by atomic mass is 32.1. The minimum Gasteiger partial charge on any atom is -0.497 e. The van der Waals surface area contributed by atoms with Gasteiger partial charge in [-0.25, -0.2) is 4.39 Å². The Bertz CT molecular complexity index is 652. The Morgan fingerprint density at radius 3 is 2.76 bits per heavy atom. The molecule has 3 rings (SSSR count). The molecule has 21 heavy (non-hydrogen) atoms. The number of methoxy groups -OCH3 is 1. The summed E-state index contributed by atoms with van der Waals surface area (Å²) in [5.41, 5.74) is 1.39. The molecule has 2 nitrogen and oxygen atoms in total. The average molecular weight is 304 g/mol. The minimum atomic E-state index is -0.525. The Kier molecular flexibility index (Phi) is 4.06. The number of carbonyl (C=O) groups is 1. The molecule has 0 aliphatic heterocycles. The molecule has 1 aliphatic rings. The van der Waals surface area contributed by atoms with Crippen molar-refractivity contribution in [2.24, 2.45) is 0 Å². The van der Waals surface area contributed by atoms with Gasteiger partial charge in [0.15, 0.2) is 0 Å². The monoisotopic (exact) mass is 304 g/mol. The first kappa shape index (κ1) is 14.3. The molecule has 0 radical (unpaired) electrons. The van der Waals surface area contributed by atoms with Gasteiger partial charge < -0.3 is 4.74 Å². The van der Waals surface area contributed by atoms with E-state index in [1.807, 2.05) is 6.07 Å². The molecule has 1 heterocycles. The zero-order valence-electron chi connectivity index (χ0n) is 11.9. The van der Waals surface area contributed by atoms with E-state index in [0.29, 0.717) is 10.6 Å². The van der Waals surface area contributed by atoms with E-state index in [1.54, 1.807) is 6.07 Å². The van der Waals surface area contributed by atoms with Crippen LogP contribution in [0.4, 0.5) is 4.39 Å². The van der Waals surface area contributed by atoms with Crippen molar-refractivity contribution >= 4 is 17.1 Å². The molecule has 0 amide bonds. The molecule has 0 saturated carbocycles. The number of halogens is 1. The number of hydrogen-bond donors (Lipinski definition) is 0. The zero-order valence-corrected chi connectivity index (χ0v) is 12.8. The summed E-state index contributed by atoms with van der Waals surface area (Å²) in [6, 6.07) is 6.33. The normalized spacial score (nSPS) is 14.4. The van der Waals surface area contributed by atoms with E-state index in [4.69, 9.17) is 4.74 Å². The van der Waals surface area contributed by atoms with Crippen molar-refractivity contribution in [2.75, 3.05) is 7.11 Å².